The van der Waals surface area contributed by atoms with E-state index in [1.165, 1.54) is 23.7 Å². The van der Waals surface area contributed by atoms with Gasteiger partial charge in [0.25, 0.3) is 0 Å². The number of hydrogen-bond donors (Lipinski definition) is 1. The Morgan fingerprint density at radius 1 is 1.18 bits per heavy atom. The summed E-state index contributed by atoms with van der Waals surface area (Å²) in [5.41, 5.74) is 5.74. The fraction of sp³-hybridized carbons (Fsp3) is 0. The lowest BCUT2D eigenvalue weighted by Gasteiger charge is -1.86. The maximum Gasteiger partial charge on any atom is 0.180 e. The first-order valence-electron chi connectivity index (χ1n) is 4.39. The molecule has 2 heterocycles. The van der Waals surface area contributed by atoms with E-state index in [9.17, 15) is 9.59 Å². The number of nitrogens with zero attached hydrogens (tertiary/aromatic N) is 2. The standard InChI is InChI=1S/C6H4ClNO.C4H4N2OS/c7-6-2-1-5(4-9)3-8-6;5-4-6-1-3(2-7)8-4/h1-4H;1-2H,(H2,5,6). The fourth-order valence-corrected chi connectivity index (χ4v) is 1.42. The number of nitrogens with two attached hydrogens (primary N) is 1. The van der Waals surface area contributed by atoms with Crippen molar-refractivity contribution >= 4 is 40.6 Å². The first-order chi connectivity index (χ1) is 8.15. The van der Waals surface area contributed by atoms with Crippen molar-refractivity contribution in [1.82, 2.24) is 9.97 Å². The predicted molar refractivity (Wildman–Crippen MR) is 66.5 cm³/mol. The molecule has 0 aliphatic carbocycles. The van der Waals surface area contributed by atoms with E-state index in [2.05, 4.69) is 9.97 Å². The van der Waals surface area contributed by atoms with Gasteiger partial charge in [-0.1, -0.05) is 22.9 Å². The number of aromatic nitrogens is 2. The molecule has 5 nitrogen and oxygen atoms in total. The third-order valence-electron chi connectivity index (χ3n) is 1.54. The van der Waals surface area contributed by atoms with Crippen LogP contribution >= 0.6 is 22.9 Å². The van der Waals surface area contributed by atoms with Crippen LogP contribution in [-0.4, -0.2) is 22.5 Å². The number of pyridine rings is 1. The summed E-state index contributed by atoms with van der Waals surface area (Å²) in [4.78, 5) is 27.9. The molecule has 2 N–H and O–H groups in total. The number of aldehydes is 2. The number of carbonyl (C=O) groups is 2. The summed E-state index contributed by atoms with van der Waals surface area (Å²) in [6, 6.07) is 3.19. The van der Waals surface area contributed by atoms with Gasteiger partial charge in [0, 0.05) is 11.8 Å². The zero-order valence-electron chi connectivity index (χ0n) is 8.54. The van der Waals surface area contributed by atoms with Crippen molar-refractivity contribution in [3.05, 3.63) is 40.1 Å². The maximum absolute atomic E-state index is 10.0. The molecule has 0 amide bonds. The largest absolute Gasteiger partial charge is 0.375 e. The van der Waals surface area contributed by atoms with Crippen LogP contribution in [0.15, 0.2) is 24.5 Å². The second kappa shape index (κ2) is 6.72. The Balaban J connectivity index is 0.000000171. The van der Waals surface area contributed by atoms with Crippen LogP contribution in [0.25, 0.3) is 0 Å². The second-order valence-corrected chi connectivity index (χ2v) is 4.23. The molecule has 0 aliphatic heterocycles. The third-order valence-corrected chi connectivity index (χ3v) is 2.52. The van der Waals surface area contributed by atoms with Crippen LogP contribution in [0.3, 0.4) is 0 Å². The number of rotatable bonds is 2. The lowest BCUT2D eigenvalue weighted by Crippen LogP contribution is -1.79. The van der Waals surface area contributed by atoms with Crippen molar-refractivity contribution in [2.24, 2.45) is 0 Å². The number of nitrogen functional groups attached to an aromatic ring is 1. The van der Waals surface area contributed by atoms with Gasteiger partial charge in [0.2, 0.25) is 0 Å². The van der Waals surface area contributed by atoms with Crippen molar-refractivity contribution < 1.29 is 9.59 Å². The van der Waals surface area contributed by atoms with Crippen LogP contribution in [0, 0.1) is 0 Å². The van der Waals surface area contributed by atoms with Crippen molar-refractivity contribution in [3.8, 4) is 0 Å². The van der Waals surface area contributed by atoms with Gasteiger partial charge < -0.3 is 5.73 Å². The normalized spacial score (nSPS) is 9.00. The Morgan fingerprint density at radius 3 is 2.29 bits per heavy atom. The predicted octanol–water partition coefficient (Wildman–Crippen LogP) is 2.09. The molecule has 0 fully saturated rings. The zero-order valence-corrected chi connectivity index (χ0v) is 10.1. The van der Waals surface area contributed by atoms with E-state index >= 15 is 0 Å². The molecular weight excluding hydrogens is 262 g/mol. The second-order valence-electron chi connectivity index (χ2n) is 2.75. The Hall–Kier alpha value is -1.79. The summed E-state index contributed by atoms with van der Waals surface area (Å²) < 4.78 is 0. The Morgan fingerprint density at radius 2 is 1.94 bits per heavy atom. The van der Waals surface area contributed by atoms with Crippen molar-refractivity contribution in [3.63, 3.8) is 0 Å². The Bertz CT molecular complexity index is 499. The summed E-state index contributed by atoms with van der Waals surface area (Å²) in [5.74, 6) is 0. The molecule has 0 unspecified atom stereocenters. The molecule has 0 saturated heterocycles. The smallest absolute Gasteiger partial charge is 0.180 e. The van der Waals surface area contributed by atoms with E-state index in [4.69, 9.17) is 17.3 Å². The van der Waals surface area contributed by atoms with Gasteiger partial charge >= 0.3 is 0 Å². The maximum atomic E-state index is 10.0. The summed E-state index contributed by atoms with van der Waals surface area (Å²) in [6.45, 7) is 0. The van der Waals surface area contributed by atoms with E-state index in [0.29, 0.717) is 20.7 Å². The lowest BCUT2D eigenvalue weighted by molar-refractivity contribution is 0.111. The molecule has 88 valence electrons. The minimum absolute atomic E-state index is 0.403. The van der Waals surface area contributed by atoms with Gasteiger partial charge in [-0.2, -0.15) is 0 Å². The van der Waals surface area contributed by atoms with Crippen LogP contribution in [0.2, 0.25) is 5.15 Å². The SMILES string of the molecule is Nc1ncc(C=O)s1.O=Cc1ccc(Cl)nc1. The van der Waals surface area contributed by atoms with Gasteiger partial charge in [-0.15, -0.1) is 0 Å². The highest BCUT2D eigenvalue weighted by Crippen LogP contribution is 2.10. The van der Waals surface area contributed by atoms with Crippen LogP contribution in [-0.2, 0) is 0 Å². The Labute approximate surface area is 106 Å². The van der Waals surface area contributed by atoms with Gasteiger partial charge in [-0.05, 0) is 12.1 Å². The molecule has 17 heavy (non-hydrogen) atoms. The van der Waals surface area contributed by atoms with Gasteiger partial charge in [-0.3, -0.25) is 9.59 Å². The number of thiazole rings is 1. The van der Waals surface area contributed by atoms with Gasteiger partial charge in [0.1, 0.15) is 5.15 Å². The minimum atomic E-state index is 0.403. The molecule has 7 heteroatoms. The number of halogens is 1. The molecule has 0 aromatic carbocycles. The molecule has 0 bridgehead atoms. The summed E-state index contributed by atoms with van der Waals surface area (Å²) >= 11 is 6.63. The van der Waals surface area contributed by atoms with Crippen molar-refractivity contribution in [2.75, 3.05) is 5.73 Å². The molecule has 0 spiro atoms. The summed E-state index contributed by atoms with van der Waals surface area (Å²) in [7, 11) is 0. The first-order valence-corrected chi connectivity index (χ1v) is 5.58. The summed E-state index contributed by atoms with van der Waals surface area (Å²) in [6.07, 6.45) is 4.33. The molecule has 0 aliphatic rings. The third kappa shape index (κ3) is 4.71. The molecular formula is C10H8ClN3O2S. The molecule has 2 aromatic heterocycles. The van der Waals surface area contributed by atoms with E-state index in [1.54, 1.807) is 12.1 Å². The average molecular weight is 270 g/mol. The van der Waals surface area contributed by atoms with E-state index in [0.717, 1.165) is 12.6 Å². The number of anilines is 1. The molecule has 2 rings (SSSR count). The first kappa shape index (κ1) is 13.3. The minimum Gasteiger partial charge on any atom is -0.375 e. The fourth-order valence-electron chi connectivity index (χ4n) is 0.812. The topological polar surface area (TPSA) is 85.9 Å². The van der Waals surface area contributed by atoms with Gasteiger partial charge in [0.05, 0.1) is 11.1 Å². The molecule has 0 radical (unpaired) electrons. The summed E-state index contributed by atoms with van der Waals surface area (Å²) in [5, 5.41) is 0.840. The monoisotopic (exact) mass is 269 g/mol. The average Bonchev–Trinajstić information content (AvgIpc) is 2.77. The van der Waals surface area contributed by atoms with E-state index < -0.39 is 0 Å². The van der Waals surface area contributed by atoms with Crippen LogP contribution < -0.4 is 5.73 Å². The van der Waals surface area contributed by atoms with Crippen LogP contribution in [0.1, 0.15) is 20.0 Å². The molecule has 0 saturated carbocycles. The highest BCUT2D eigenvalue weighted by molar-refractivity contribution is 7.16. The quantitative estimate of drug-likeness (QED) is 0.666. The van der Waals surface area contributed by atoms with Gasteiger partial charge in [-0.25, -0.2) is 9.97 Å². The van der Waals surface area contributed by atoms with Gasteiger partial charge in [0.15, 0.2) is 17.7 Å². The van der Waals surface area contributed by atoms with Crippen molar-refractivity contribution in [1.29, 1.82) is 0 Å². The van der Waals surface area contributed by atoms with Crippen molar-refractivity contribution in [2.45, 2.75) is 0 Å². The zero-order chi connectivity index (χ0) is 12.7. The number of hydrogen-bond acceptors (Lipinski definition) is 6. The number of carbonyl (C=O) groups excluding carboxylic acids is 2. The van der Waals surface area contributed by atoms with E-state index in [-0.39, 0.29) is 0 Å². The lowest BCUT2D eigenvalue weighted by atomic mass is 10.3. The van der Waals surface area contributed by atoms with Crippen LogP contribution in [0.5, 0.6) is 0 Å². The van der Waals surface area contributed by atoms with E-state index in [1.807, 2.05) is 0 Å². The van der Waals surface area contributed by atoms with Crippen LogP contribution in [0.4, 0.5) is 5.13 Å². The highest BCUT2D eigenvalue weighted by atomic mass is 35.5. The Kier molecular flexibility index (Phi) is 5.25. The molecule has 0 atom stereocenters. The molecule has 2 aromatic rings. The highest BCUT2D eigenvalue weighted by Gasteiger charge is 1.92.